The van der Waals surface area contributed by atoms with Gasteiger partial charge in [-0.2, -0.15) is 0 Å². The summed E-state index contributed by atoms with van der Waals surface area (Å²) in [5, 5.41) is -1.31. The number of hydrogen-bond acceptors (Lipinski definition) is 4. The largest absolute Gasteiger partial charge is 0.299 e. The Balaban J connectivity index is 2.29. The van der Waals surface area contributed by atoms with Gasteiger partial charge in [-0.05, 0) is 50.2 Å². The standard InChI is InChI=1S/C16H17FN2O3S/c1-11-5-4-6-15(18-11)19(3)16(20)12(2)23(21,22)14-9-7-13(17)8-10-14/h4-10,12H,1-3H3/t12-/m1/s1. The maximum Gasteiger partial charge on any atom is 0.246 e. The van der Waals surface area contributed by atoms with Crippen molar-refractivity contribution in [1.29, 1.82) is 0 Å². The van der Waals surface area contributed by atoms with Crippen LogP contribution in [0.3, 0.4) is 0 Å². The van der Waals surface area contributed by atoms with Gasteiger partial charge in [-0.1, -0.05) is 6.07 Å². The van der Waals surface area contributed by atoms with E-state index in [1.54, 1.807) is 25.1 Å². The fraction of sp³-hybridized carbons (Fsp3) is 0.250. The van der Waals surface area contributed by atoms with E-state index >= 15 is 0 Å². The van der Waals surface area contributed by atoms with Gasteiger partial charge in [0.2, 0.25) is 5.91 Å². The molecule has 7 heteroatoms. The molecule has 0 saturated heterocycles. The first kappa shape index (κ1) is 17.1. The molecule has 1 aromatic carbocycles. The highest BCUT2D eigenvalue weighted by Crippen LogP contribution is 2.20. The van der Waals surface area contributed by atoms with Gasteiger partial charge >= 0.3 is 0 Å². The van der Waals surface area contributed by atoms with Crippen LogP contribution < -0.4 is 4.90 Å². The number of nitrogens with zero attached hydrogens (tertiary/aromatic N) is 2. The molecular formula is C16H17FN2O3S. The van der Waals surface area contributed by atoms with Crippen molar-refractivity contribution in [2.24, 2.45) is 0 Å². The predicted molar refractivity (Wildman–Crippen MR) is 85.4 cm³/mol. The van der Waals surface area contributed by atoms with Crippen LogP contribution in [0.1, 0.15) is 12.6 Å². The first-order valence-electron chi connectivity index (χ1n) is 6.94. The number of amides is 1. The Morgan fingerprint density at radius 3 is 2.35 bits per heavy atom. The molecule has 1 amide bonds. The second-order valence-corrected chi connectivity index (χ2v) is 7.44. The zero-order chi connectivity index (χ0) is 17.2. The molecule has 0 N–H and O–H groups in total. The Morgan fingerprint density at radius 2 is 1.78 bits per heavy atom. The van der Waals surface area contributed by atoms with E-state index < -0.39 is 26.8 Å². The number of rotatable bonds is 4. The van der Waals surface area contributed by atoms with E-state index in [4.69, 9.17) is 0 Å². The third kappa shape index (κ3) is 3.56. The Morgan fingerprint density at radius 1 is 1.17 bits per heavy atom. The van der Waals surface area contributed by atoms with Crippen LogP contribution in [0.4, 0.5) is 10.2 Å². The van der Waals surface area contributed by atoms with Crippen LogP contribution in [0, 0.1) is 12.7 Å². The summed E-state index contributed by atoms with van der Waals surface area (Å²) in [6.45, 7) is 3.09. The smallest absolute Gasteiger partial charge is 0.246 e. The molecule has 0 aliphatic heterocycles. The minimum absolute atomic E-state index is 0.0923. The van der Waals surface area contributed by atoms with Crippen LogP contribution in [0.15, 0.2) is 47.4 Å². The van der Waals surface area contributed by atoms with Gasteiger partial charge in [0, 0.05) is 12.7 Å². The van der Waals surface area contributed by atoms with E-state index in [1.807, 2.05) is 0 Å². The van der Waals surface area contributed by atoms with E-state index in [-0.39, 0.29) is 4.90 Å². The van der Waals surface area contributed by atoms with Crippen LogP contribution in [-0.2, 0) is 14.6 Å². The van der Waals surface area contributed by atoms with Crippen LogP contribution in [-0.4, -0.2) is 31.6 Å². The van der Waals surface area contributed by atoms with E-state index in [0.717, 1.165) is 30.0 Å². The molecule has 2 aromatic rings. The maximum atomic E-state index is 12.9. The average Bonchev–Trinajstić information content (AvgIpc) is 2.53. The van der Waals surface area contributed by atoms with Crippen LogP contribution in [0.2, 0.25) is 0 Å². The molecule has 0 bridgehead atoms. The van der Waals surface area contributed by atoms with Crippen molar-refractivity contribution >= 4 is 21.6 Å². The number of aromatic nitrogens is 1. The van der Waals surface area contributed by atoms with Crippen LogP contribution in [0.25, 0.3) is 0 Å². The lowest BCUT2D eigenvalue weighted by molar-refractivity contribution is -0.117. The van der Waals surface area contributed by atoms with Gasteiger partial charge in [0.05, 0.1) is 4.90 Å². The Bertz CT molecular complexity index is 819. The molecule has 0 spiro atoms. The average molecular weight is 336 g/mol. The second-order valence-electron chi connectivity index (χ2n) is 5.18. The molecule has 1 heterocycles. The highest BCUT2D eigenvalue weighted by molar-refractivity contribution is 7.92. The monoisotopic (exact) mass is 336 g/mol. The molecule has 0 radical (unpaired) electrons. The highest BCUT2D eigenvalue weighted by Gasteiger charge is 2.32. The summed E-state index contributed by atoms with van der Waals surface area (Å²) < 4.78 is 37.9. The summed E-state index contributed by atoms with van der Waals surface area (Å²) >= 11 is 0. The highest BCUT2D eigenvalue weighted by atomic mass is 32.2. The van der Waals surface area contributed by atoms with Crippen molar-refractivity contribution in [3.05, 3.63) is 54.0 Å². The van der Waals surface area contributed by atoms with Gasteiger partial charge in [0.15, 0.2) is 9.84 Å². The van der Waals surface area contributed by atoms with Crippen molar-refractivity contribution in [2.45, 2.75) is 24.0 Å². The second kappa shape index (κ2) is 6.45. The summed E-state index contributed by atoms with van der Waals surface area (Å²) in [6, 6.07) is 9.55. The van der Waals surface area contributed by atoms with E-state index in [1.165, 1.54) is 18.9 Å². The molecule has 0 aliphatic rings. The number of carbonyl (C=O) groups is 1. The lowest BCUT2D eigenvalue weighted by Crippen LogP contribution is -2.39. The number of pyridine rings is 1. The van der Waals surface area contributed by atoms with E-state index in [0.29, 0.717) is 5.82 Å². The molecule has 0 saturated carbocycles. The minimum Gasteiger partial charge on any atom is -0.299 e. The molecule has 1 aromatic heterocycles. The minimum atomic E-state index is -3.90. The van der Waals surface area contributed by atoms with Crippen molar-refractivity contribution in [3.8, 4) is 0 Å². The number of aryl methyl sites for hydroxylation is 1. The topological polar surface area (TPSA) is 67.3 Å². The summed E-state index contributed by atoms with van der Waals surface area (Å²) in [4.78, 5) is 17.8. The quantitative estimate of drug-likeness (QED) is 0.804. The predicted octanol–water partition coefficient (Wildman–Crippen LogP) is 2.35. The summed E-state index contributed by atoms with van der Waals surface area (Å²) in [5.41, 5.74) is 0.719. The molecule has 1 atom stereocenters. The molecule has 23 heavy (non-hydrogen) atoms. The molecule has 2 rings (SSSR count). The normalized spacial score (nSPS) is 12.7. The van der Waals surface area contributed by atoms with Crippen LogP contribution in [0.5, 0.6) is 0 Å². The van der Waals surface area contributed by atoms with Gasteiger partial charge in [-0.15, -0.1) is 0 Å². The molecule has 0 unspecified atom stereocenters. The molecule has 122 valence electrons. The lowest BCUT2D eigenvalue weighted by atomic mass is 10.3. The van der Waals surface area contributed by atoms with Gasteiger partial charge in [-0.3, -0.25) is 9.69 Å². The Kier molecular flexibility index (Phi) is 4.79. The fourth-order valence-electron chi connectivity index (χ4n) is 2.06. The number of carbonyl (C=O) groups excluding carboxylic acids is 1. The van der Waals surface area contributed by atoms with Gasteiger partial charge in [-0.25, -0.2) is 17.8 Å². The molecule has 0 aliphatic carbocycles. The van der Waals surface area contributed by atoms with E-state index in [9.17, 15) is 17.6 Å². The van der Waals surface area contributed by atoms with Gasteiger partial charge < -0.3 is 0 Å². The summed E-state index contributed by atoms with van der Waals surface area (Å²) in [7, 11) is -2.43. The van der Waals surface area contributed by atoms with Gasteiger partial charge in [0.1, 0.15) is 16.9 Å². The fourth-order valence-corrected chi connectivity index (χ4v) is 3.41. The van der Waals surface area contributed by atoms with Crippen LogP contribution >= 0.6 is 0 Å². The zero-order valence-electron chi connectivity index (χ0n) is 13.0. The molecule has 0 fully saturated rings. The number of sulfone groups is 1. The summed E-state index contributed by atoms with van der Waals surface area (Å²) in [6.07, 6.45) is 0. The number of hydrogen-bond donors (Lipinski definition) is 0. The molecule has 5 nitrogen and oxygen atoms in total. The Labute approximate surface area is 134 Å². The van der Waals surface area contributed by atoms with E-state index in [2.05, 4.69) is 4.98 Å². The van der Waals surface area contributed by atoms with Crippen molar-refractivity contribution in [1.82, 2.24) is 4.98 Å². The zero-order valence-corrected chi connectivity index (χ0v) is 13.8. The third-order valence-electron chi connectivity index (χ3n) is 3.50. The first-order chi connectivity index (χ1) is 10.7. The number of halogens is 1. The lowest BCUT2D eigenvalue weighted by Gasteiger charge is -2.21. The summed E-state index contributed by atoms with van der Waals surface area (Å²) in [5.74, 6) is -0.771. The third-order valence-corrected chi connectivity index (χ3v) is 5.57. The molecular weight excluding hydrogens is 319 g/mol. The van der Waals surface area contributed by atoms with Crippen molar-refractivity contribution in [3.63, 3.8) is 0 Å². The SMILES string of the molecule is Cc1cccc(N(C)C(=O)[C@@H](C)S(=O)(=O)c2ccc(F)cc2)n1. The Hall–Kier alpha value is -2.28. The number of anilines is 1. The van der Waals surface area contributed by atoms with Crippen molar-refractivity contribution < 1.29 is 17.6 Å². The number of benzene rings is 1. The van der Waals surface area contributed by atoms with Gasteiger partial charge in [0.25, 0.3) is 0 Å². The first-order valence-corrected chi connectivity index (χ1v) is 8.49. The maximum absolute atomic E-state index is 12.9. The van der Waals surface area contributed by atoms with Crippen molar-refractivity contribution in [2.75, 3.05) is 11.9 Å².